The Labute approximate surface area is 143 Å². The Morgan fingerprint density at radius 1 is 1.21 bits per heavy atom. The van der Waals surface area contributed by atoms with Crippen LogP contribution in [0.3, 0.4) is 0 Å². The standard InChI is InChI=1S/C19H23N5/c1-3-17-11-19(22-15(2)21-17)24-10-9-23(18(12-20)14-24)13-16-7-5-4-6-8-16/h4-8,11,18H,3,9-10,13-14H2,1-2H3. The van der Waals surface area contributed by atoms with Gasteiger partial charge in [0.1, 0.15) is 17.7 Å². The fourth-order valence-electron chi connectivity index (χ4n) is 3.11. The van der Waals surface area contributed by atoms with Gasteiger partial charge >= 0.3 is 0 Å². The van der Waals surface area contributed by atoms with Gasteiger partial charge in [-0.3, -0.25) is 4.90 Å². The van der Waals surface area contributed by atoms with E-state index < -0.39 is 0 Å². The van der Waals surface area contributed by atoms with Crippen LogP contribution in [0.25, 0.3) is 0 Å². The summed E-state index contributed by atoms with van der Waals surface area (Å²) in [6, 6.07) is 14.7. The molecule has 24 heavy (non-hydrogen) atoms. The zero-order valence-electron chi connectivity index (χ0n) is 14.3. The molecule has 1 aliphatic heterocycles. The Bertz CT molecular complexity index is 722. The molecule has 5 nitrogen and oxygen atoms in total. The molecule has 1 aromatic carbocycles. The number of benzene rings is 1. The van der Waals surface area contributed by atoms with Crippen molar-refractivity contribution in [3.8, 4) is 6.07 Å². The van der Waals surface area contributed by atoms with E-state index in [4.69, 9.17) is 0 Å². The maximum atomic E-state index is 9.61. The van der Waals surface area contributed by atoms with Gasteiger partial charge in [0, 0.05) is 37.9 Å². The number of anilines is 1. The molecular formula is C19H23N5. The highest BCUT2D eigenvalue weighted by Gasteiger charge is 2.27. The Morgan fingerprint density at radius 2 is 2.00 bits per heavy atom. The second kappa shape index (κ2) is 7.41. The van der Waals surface area contributed by atoms with Gasteiger partial charge in [0.15, 0.2) is 0 Å². The van der Waals surface area contributed by atoms with Gasteiger partial charge < -0.3 is 4.90 Å². The first-order valence-corrected chi connectivity index (χ1v) is 8.46. The first-order valence-electron chi connectivity index (χ1n) is 8.46. The molecule has 0 aliphatic carbocycles. The molecule has 1 atom stereocenters. The Hall–Kier alpha value is -2.45. The van der Waals surface area contributed by atoms with Gasteiger partial charge in [-0.1, -0.05) is 37.3 Å². The molecule has 124 valence electrons. The topological polar surface area (TPSA) is 56.0 Å². The Balaban J connectivity index is 1.73. The summed E-state index contributed by atoms with van der Waals surface area (Å²) in [6.07, 6.45) is 0.895. The second-order valence-electron chi connectivity index (χ2n) is 6.17. The van der Waals surface area contributed by atoms with Crippen molar-refractivity contribution in [2.24, 2.45) is 0 Å². The van der Waals surface area contributed by atoms with E-state index in [2.05, 4.69) is 44.9 Å². The minimum absolute atomic E-state index is 0.126. The van der Waals surface area contributed by atoms with Gasteiger partial charge in [-0.2, -0.15) is 5.26 Å². The van der Waals surface area contributed by atoms with Crippen molar-refractivity contribution in [3.05, 3.63) is 53.5 Å². The second-order valence-corrected chi connectivity index (χ2v) is 6.17. The third-order valence-corrected chi connectivity index (χ3v) is 4.43. The molecule has 0 spiro atoms. The van der Waals surface area contributed by atoms with Crippen LogP contribution in [0.15, 0.2) is 36.4 Å². The largest absolute Gasteiger partial charge is 0.353 e. The van der Waals surface area contributed by atoms with Crippen LogP contribution >= 0.6 is 0 Å². The van der Waals surface area contributed by atoms with Gasteiger partial charge in [-0.25, -0.2) is 9.97 Å². The number of aromatic nitrogens is 2. The quantitative estimate of drug-likeness (QED) is 0.866. The zero-order chi connectivity index (χ0) is 16.9. The summed E-state index contributed by atoms with van der Waals surface area (Å²) in [4.78, 5) is 13.5. The smallest absolute Gasteiger partial charge is 0.132 e. The van der Waals surface area contributed by atoms with E-state index in [1.54, 1.807) is 0 Å². The van der Waals surface area contributed by atoms with Crippen LogP contribution in [0.1, 0.15) is 24.0 Å². The monoisotopic (exact) mass is 321 g/mol. The molecule has 1 aliphatic rings. The lowest BCUT2D eigenvalue weighted by Gasteiger charge is -2.39. The summed E-state index contributed by atoms with van der Waals surface area (Å²) in [5.74, 6) is 1.74. The van der Waals surface area contributed by atoms with Gasteiger partial charge in [0.2, 0.25) is 0 Å². The maximum Gasteiger partial charge on any atom is 0.132 e. The molecule has 5 heteroatoms. The third kappa shape index (κ3) is 3.72. The first kappa shape index (κ1) is 16.4. The summed E-state index contributed by atoms with van der Waals surface area (Å²) in [6.45, 7) is 7.26. The van der Waals surface area contributed by atoms with E-state index in [1.165, 1.54) is 5.56 Å². The number of hydrogen-bond donors (Lipinski definition) is 0. The molecule has 2 heterocycles. The lowest BCUT2D eigenvalue weighted by Crippen LogP contribution is -2.52. The van der Waals surface area contributed by atoms with Crippen molar-refractivity contribution in [1.82, 2.24) is 14.9 Å². The minimum atomic E-state index is -0.126. The van der Waals surface area contributed by atoms with Crippen molar-refractivity contribution in [1.29, 1.82) is 5.26 Å². The molecule has 0 saturated carbocycles. The summed E-state index contributed by atoms with van der Waals surface area (Å²) in [5, 5.41) is 9.61. The van der Waals surface area contributed by atoms with Crippen molar-refractivity contribution < 1.29 is 0 Å². The van der Waals surface area contributed by atoms with Crippen molar-refractivity contribution >= 4 is 5.82 Å². The molecule has 1 aromatic heterocycles. The Kier molecular flexibility index (Phi) is 5.07. The summed E-state index contributed by atoms with van der Waals surface area (Å²) in [5.41, 5.74) is 2.30. The summed E-state index contributed by atoms with van der Waals surface area (Å²) < 4.78 is 0. The predicted octanol–water partition coefficient (Wildman–Crippen LogP) is 2.56. The third-order valence-electron chi connectivity index (χ3n) is 4.43. The van der Waals surface area contributed by atoms with E-state index in [0.717, 1.165) is 43.4 Å². The lowest BCUT2D eigenvalue weighted by atomic mass is 10.1. The number of hydrogen-bond acceptors (Lipinski definition) is 5. The van der Waals surface area contributed by atoms with Crippen molar-refractivity contribution in [2.75, 3.05) is 24.5 Å². The molecule has 1 unspecified atom stereocenters. The number of rotatable bonds is 4. The lowest BCUT2D eigenvalue weighted by molar-refractivity contribution is 0.204. The van der Waals surface area contributed by atoms with E-state index >= 15 is 0 Å². The zero-order valence-corrected chi connectivity index (χ0v) is 14.3. The molecule has 0 amide bonds. The highest BCUT2D eigenvalue weighted by Crippen LogP contribution is 2.20. The molecule has 0 radical (unpaired) electrons. The molecule has 0 N–H and O–H groups in total. The van der Waals surface area contributed by atoms with Crippen LogP contribution in [0.5, 0.6) is 0 Å². The maximum absolute atomic E-state index is 9.61. The van der Waals surface area contributed by atoms with Gasteiger partial charge in [-0.05, 0) is 18.9 Å². The number of aryl methyl sites for hydroxylation is 2. The van der Waals surface area contributed by atoms with E-state index in [-0.39, 0.29) is 6.04 Å². The fraction of sp³-hybridized carbons (Fsp3) is 0.421. The van der Waals surface area contributed by atoms with Crippen molar-refractivity contribution in [3.63, 3.8) is 0 Å². The SMILES string of the molecule is CCc1cc(N2CCN(Cc3ccccc3)C(C#N)C2)nc(C)n1. The number of nitrogens with zero attached hydrogens (tertiary/aromatic N) is 5. The van der Waals surface area contributed by atoms with Crippen LogP contribution in [0.2, 0.25) is 0 Å². The van der Waals surface area contributed by atoms with Crippen molar-refractivity contribution in [2.45, 2.75) is 32.9 Å². The summed E-state index contributed by atoms with van der Waals surface area (Å²) in [7, 11) is 0. The van der Waals surface area contributed by atoms with Crippen LogP contribution in [0, 0.1) is 18.3 Å². The Morgan fingerprint density at radius 3 is 2.71 bits per heavy atom. The molecule has 1 saturated heterocycles. The van der Waals surface area contributed by atoms with Crippen LogP contribution < -0.4 is 4.90 Å². The molecule has 2 aromatic rings. The molecular weight excluding hydrogens is 298 g/mol. The number of piperazine rings is 1. The predicted molar refractivity (Wildman–Crippen MR) is 94.6 cm³/mol. The first-order chi connectivity index (χ1) is 11.7. The van der Waals surface area contributed by atoms with Gasteiger partial charge in [0.05, 0.1) is 6.07 Å². The van der Waals surface area contributed by atoms with Crippen LogP contribution in [-0.2, 0) is 13.0 Å². The highest BCUT2D eigenvalue weighted by atomic mass is 15.3. The average Bonchev–Trinajstić information content (AvgIpc) is 2.62. The molecule has 1 fully saturated rings. The number of nitriles is 1. The minimum Gasteiger partial charge on any atom is -0.353 e. The van der Waals surface area contributed by atoms with E-state index in [0.29, 0.717) is 6.54 Å². The van der Waals surface area contributed by atoms with E-state index in [9.17, 15) is 5.26 Å². The molecule has 3 rings (SSSR count). The average molecular weight is 321 g/mol. The molecule has 0 bridgehead atoms. The van der Waals surface area contributed by atoms with Crippen LogP contribution in [0.4, 0.5) is 5.82 Å². The van der Waals surface area contributed by atoms with Gasteiger partial charge in [0.25, 0.3) is 0 Å². The highest BCUT2D eigenvalue weighted by molar-refractivity contribution is 5.41. The van der Waals surface area contributed by atoms with E-state index in [1.807, 2.05) is 31.2 Å². The normalized spacial score (nSPS) is 18.4. The summed E-state index contributed by atoms with van der Waals surface area (Å²) >= 11 is 0. The van der Waals surface area contributed by atoms with Gasteiger partial charge in [-0.15, -0.1) is 0 Å². The fourth-order valence-corrected chi connectivity index (χ4v) is 3.11. The van der Waals surface area contributed by atoms with Crippen LogP contribution in [-0.4, -0.2) is 40.5 Å².